The largest absolute Gasteiger partial charge is 0.497 e. The number of aromatic nitrogens is 2. The van der Waals surface area contributed by atoms with Gasteiger partial charge < -0.3 is 19.3 Å². The minimum Gasteiger partial charge on any atom is -0.497 e. The van der Waals surface area contributed by atoms with Crippen LogP contribution in [0.4, 0.5) is 5.95 Å². The van der Waals surface area contributed by atoms with Crippen molar-refractivity contribution in [1.82, 2.24) is 9.55 Å². The average molecular weight is 337 g/mol. The van der Waals surface area contributed by atoms with Crippen LogP contribution in [0.5, 0.6) is 5.75 Å². The molecule has 4 rings (SSSR count). The molecule has 2 heterocycles. The first-order valence-corrected chi connectivity index (χ1v) is 8.76. The molecule has 0 saturated carbocycles. The number of anilines is 1. The lowest BCUT2D eigenvalue weighted by atomic mass is 10.1. The van der Waals surface area contributed by atoms with E-state index in [0.29, 0.717) is 6.54 Å². The van der Waals surface area contributed by atoms with E-state index in [1.807, 2.05) is 30.3 Å². The number of fused-ring (bicyclic) bond motifs is 1. The van der Waals surface area contributed by atoms with Gasteiger partial charge in [0.25, 0.3) is 0 Å². The molecule has 130 valence electrons. The molecule has 25 heavy (non-hydrogen) atoms. The molecule has 5 heteroatoms. The van der Waals surface area contributed by atoms with Crippen LogP contribution in [0.2, 0.25) is 0 Å². The van der Waals surface area contributed by atoms with Crippen molar-refractivity contribution in [3.63, 3.8) is 0 Å². The lowest BCUT2D eigenvalue weighted by Crippen LogP contribution is -2.39. The Bertz CT molecular complexity index is 857. The molecule has 0 aliphatic carbocycles. The second-order valence-electron chi connectivity index (χ2n) is 6.58. The molecule has 1 N–H and O–H groups in total. The number of piperidine rings is 1. The Kier molecular flexibility index (Phi) is 4.32. The number of ether oxygens (including phenoxy) is 1. The standard InChI is InChI=1S/C20H23N3O2/c1-25-17-10-8-15(9-11-17)13-23-19-7-3-2-6-18(19)21-20(23)22-12-4-5-16(24)14-22/h2-3,6-11,16,24H,4-5,12-14H2,1H3/t16-/m0/s1. The molecule has 0 unspecified atom stereocenters. The van der Waals surface area contributed by atoms with Crippen molar-refractivity contribution in [2.24, 2.45) is 0 Å². The van der Waals surface area contributed by atoms with Crippen molar-refractivity contribution >= 4 is 17.0 Å². The summed E-state index contributed by atoms with van der Waals surface area (Å²) in [5.41, 5.74) is 3.31. The second-order valence-corrected chi connectivity index (χ2v) is 6.58. The summed E-state index contributed by atoms with van der Waals surface area (Å²) in [6.07, 6.45) is 1.59. The fourth-order valence-electron chi connectivity index (χ4n) is 3.51. The zero-order valence-corrected chi connectivity index (χ0v) is 14.4. The highest BCUT2D eigenvalue weighted by Gasteiger charge is 2.23. The number of aliphatic hydroxyl groups is 1. The minimum atomic E-state index is -0.275. The molecule has 0 amide bonds. The Morgan fingerprint density at radius 3 is 2.72 bits per heavy atom. The van der Waals surface area contributed by atoms with Crippen molar-refractivity contribution in [3.8, 4) is 5.75 Å². The van der Waals surface area contributed by atoms with E-state index in [2.05, 4.69) is 27.7 Å². The molecule has 0 bridgehead atoms. The van der Waals surface area contributed by atoms with Crippen LogP contribution in [-0.4, -0.2) is 41.0 Å². The fourth-order valence-corrected chi connectivity index (χ4v) is 3.51. The third-order valence-corrected chi connectivity index (χ3v) is 4.81. The maximum atomic E-state index is 10.1. The fraction of sp³-hybridized carbons (Fsp3) is 0.350. The molecule has 1 saturated heterocycles. The Morgan fingerprint density at radius 1 is 1.16 bits per heavy atom. The van der Waals surface area contributed by atoms with E-state index < -0.39 is 0 Å². The SMILES string of the molecule is COc1ccc(Cn2c(N3CCC[C@H](O)C3)nc3ccccc32)cc1. The number of β-amino-alcohol motifs (C(OH)–C–C–N with tert-alkyl or cyclic N) is 1. The van der Waals surface area contributed by atoms with Gasteiger partial charge in [-0.25, -0.2) is 4.98 Å². The van der Waals surface area contributed by atoms with E-state index >= 15 is 0 Å². The number of imidazole rings is 1. The van der Waals surface area contributed by atoms with E-state index in [0.717, 1.165) is 48.7 Å². The Labute approximate surface area is 147 Å². The zero-order valence-electron chi connectivity index (χ0n) is 14.4. The number of methoxy groups -OCH3 is 1. The molecule has 0 spiro atoms. The smallest absolute Gasteiger partial charge is 0.206 e. The van der Waals surface area contributed by atoms with Crippen molar-refractivity contribution in [1.29, 1.82) is 0 Å². The van der Waals surface area contributed by atoms with Crippen LogP contribution < -0.4 is 9.64 Å². The van der Waals surface area contributed by atoms with Crippen molar-refractivity contribution < 1.29 is 9.84 Å². The quantitative estimate of drug-likeness (QED) is 0.795. The van der Waals surface area contributed by atoms with E-state index in [-0.39, 0.29) is 6.10 Å². The molecular formula is C20H23N3O2. The van der Waals surface area contributed by atoms with Crippen LogP contribution in [0.1, 0.15) is 18.4 Å². The third kappa shape index (κ3) is 3.20. The van der Waals surface area contributed by atoms with E-state index in [1.165, 1.54) is 5.56 Å². The van der Waals surface area contributed by atoms with Gasteiger partial charge in [-0.2, -0.15) is 0 Å². The van der Waals surface area contributed by atoms with Gasteiger partial charge in [0, 0.05) is 13.1 Å². The number of hydrogen-bond acceptors (Lipinski definition) is 4. The first-order valence-electron chi connectivity index (χ1n) is 8.76. The van der Waals surface area contributed by atoms with Gasteiger partial charge in [0.1, 0.15) is 5.75 Å². The Morgan fingerprint density at radius 2 is 1.96 bits per heavy atom. The molecule has 1 aliphatic heterocycles. The maximum absolute atomic E-state index is 10.1. The first kappa shape index (κ1) is 16.0. The van der Waals surface area contributed by atoms with Gasteiger partial charge in [-0.15, -0.1) is 0 Å². The summed E-state index contributed by atoms with van der Waals surface area (Å²) in [5, 5.41) is 10.1. The van der Waals surface area contributed by atoms with Crippen molar-refractivity contribution in [3.05, 3.63) is 54.1 Å². The van der Waals surface area contributed by atoms with E-state index in [9.17, 15) is 5.11 Å². The van der Waals surface area contributed by atoms with Crippen LogP contribution in [0.15, 0.2) is 48.5 Å². The Balaban J connectivity index is 1.73. The lowest BCUT2D eigenvalue weighted by Gasteiger charge is -2.31. The van der Waals surface area contributed by atoms with Crippen molar-refractivity contribution in [2.75, 3.05) is 25.1 Å². The molecule has 0 radical (unpaired) electrons. The van der Waals surface area contributed by atoms with Gasteiger partial charge in [0.15, 0.2) is 0 Å². The summed E-state index contributed by atoms with van der Waals surface area (Å²) in [7, 11) is 1.68. The first-order chi connectivity index (χ1) is 12.2. The zero-order chi connectivity index (χ0) is 17.2. The number of rotatable bonds is 4. The molecule has 1 aromatic heterocycles. The van der Waals surface area contributed by atoms with Gasteiger partial charge in [0.05, 0.1) is 30.8 Å². The summed E-state index contributed by atoms with van der Waals surface area (Å²) in [5.74, 6) is 1.80. The summed E-state index contributed by atoms with van der Waals surface area (Å²) in [4.78, 5) is 7.06. The highest BCUT2D eigenvalue weighted by molar-refractivity contribution is 5.79. The normalized spacial score (nSPS) is 17.8. The molecule has 3 aromatic rings. The van der Waals surface area contributed by atoms with Crippen LogP contribution in [0, 0.1) is 0 Å². The maximum Gasteiger partial charge on any atom is 0.206 e. The average Bonchev–Trinajstić information content (AvgIpc) is 3.01. The number of nitrogens with zero attached hydrogens (tertiary/aromatic N) is 3. The second kappa shape index (κ2) is 6.76. The minimum absolute atomic E-state index is 0.275. The van der Waals surface area contributed by atoms with Gasteiger partial charge in [-0.05, 0) is 42.7 Å². The number of aliphatic hydroxyl groups excluding tert-OH is 1. The molecule has 5 nitrogen and oxygen atoms in total. The van der Waals surface area contributed by atoms with Gasteiger partial charge in [-0.1, -0.05) is 24.3 Å². The van der Waals surface area contributed by atoms with Crippen LogP contribution in [-0.2, 0) is 6.54 Å². The Hall–Kier alpha value is -2.53. The summed E-state index contributed by atoms with van der Waals surface area (Å²) >= 11 is 0. The predicted octanol–water partition coefficient (Wildman–Crippen LogP) is 3.05. The van der Waals surface area contributed by atoms with E-state index in [4.69, 9.17) is 9.72 Å². The number of hydrogen-bond donors (Lipinski definition) is 1. The predicted molar refractivity (Wildman–Crippen MR) is 99.3 cm³/mol. The molecule has 1 atom stereocenters. The molecule has 1 aliphatic rings. The van der Waals surface area contributed by atoms with Crippen molar-refractivity contribution in [2.45, 2.75) is 25.5 Å². The molecular weight excluding hydrogens is 314 g/mol. The van der Waals surface area contributed by atoms with Crippen LogP contribution in [0.25, 0.3) is 11.0 Å². The van der Waals surface area contributed by atoms with Gasteiger partial charge in [0.2, 0.25) is 5.95 Å². The van der Waals surface area contributed by atoms with Crippen LogP contribution in [0.3, 0.4) is 0 Å². The van der Waals surface area contributed by atoms with Gasteiger partial charge >= 0.3 is 0 Å². The molecule has 1 fully saturated rings. The van der Waals surface area contributed by atoms with E-state index in [1.54, 1.807) is 7.11 Å². The number of benzene rings is 2. The molecule has 2 aromatic carbocycles. The summed E-state index contributed by atoms with van der Waals surface area (Å²) < 4.78 is 7.50. The highest BCUT2D eigenvalue weighted by Crippen LogP contribution is 2.26. The number of para-hydroxylation sites is 2. The summed E-state index contributed by atoms with van der Waals surface area (Å²) in [6.45, 7) is 2.32. The topological polar surface area (TPSA) is 50.5 Å². The lowest BCUT2D eigenvalue weighted by molar-refractivity contribution is 0.153. The highest BCUT2D eigenvalue weighted by atomic mass is 16.5. The third-order valence-electron chi connectivity index (χ3n) is 4.81. The monoisotopic (exact) mass is 337 g/mol. The van der Waals surface area contributed by atoms with Crippen LogP contribution >= 0.6 is 0 Å². The summed E-state index contributed by atoms with van der Waals surface area (Å²) in [6, 6.07) is 16.4. The van der Waals surface area contributed by atoms with Gasteiger partial charge in [-0.3, -0.25) is 0 Å².